The van der Waals surface area contributed by atoms with Gasteiger partial charge in [-0.1, -0.05) is 6.42 Å². The van der Waals surface area contributed by atoms with Gasteiger partial charge in [0.15, 0.2) is 0 Å². The molecule has 0 saturated carbocycles. The number of thiophene rings is 1. The van der Waals surface area contributed by atoms with Gasteiger partial charge in [-0.25, -0.2) is 4.98 Å². The molecule has 0 aromatic carbocycles. The number of hydrogen-bond donors (Lipinski definition) is 1. The van der Waals surface area contributed by atoms with Gasteiger partial charge in [-0.15, -0.1) is 11.3 Å². The lowest BCUT2D eigenvalue weighted by atomic mass is 10.1. The maximum absolute atomic E-state index is 6.22. The summed E-state index contributed by atoms with van der Waals surface area (Å²) in [5, 5.41) is 3.23. The number of pyridine rings is 1. The molecule has 0 unspecified atom stereocenters. The van der Waals surface area contributed by atoms with Gasteiger partial charge in [0, 0.05) is 16.8 Å². The van der Waals surface area contributed by atoms with Crippen molar-refractivity contribution in [3.05, 3.63) is 22.7 Å². The molecular weight excluding hydrogens is 204 g/mol. The Bertz CT molecular complexity index is 502. The Morgan fingerprint density at radius 1 is 1.20 bits per heavy atom. The van der Waals surface area contributed by atoms with Gasteiger partial charge >= 0.3 is 0 Å². The number of anilines is 1. The molecule has 0 saturated heterocycles. The zero-order valence-corrected chi connectivity index (χ0v) is 9.44. The van der Waals surface area contributed by atoms with Crippen molar-refractivity contribution in [2.45, 2.75) is 32.1 Å². The monoisotopic (exact) mass is 218 g/mol. The summed E-state index contributed by atoms with van der Waals surface area (Å²) in [5.74, 6) is 0. The zero-order valence-electron chi connectivity index (χ0n) is 8.62. The molecular formula is C12H14N2S. The number of rotatable bonds is 0. The third-order valence-electron chi connectivity index (χ3n) is 3.19. The number of nitrogens with two attached hydrogens (primary N) is 1. The van der Waals surface area contributed by atoms with Gasteiger partial charge in [-0.3, -0.25) is 0 Å². The molecule has 0 amide bonds. The topological polar surface area (TPSA) is 38.9 Å². The Labute approximate surface area is 93.1 Å². The summed E-state index contributed by atoms with van der Waals surface area (Å²) in [4.78, 5) is 5.84. The number of hydrogen-bond acceptors (Lipinski definition) is 3. The highest BCUT2D eigenvalue weighted by Crippen LogP contribution is 2.32. The lowest BCUT2D eigenvalue weighted by Gasteiger charge is -2.09. The smallest absolute Gasteiger partial charge is 0.125 e. The van der Waals surface area contributed by atoms with Crippen molar-refractivity contribution < 1.29 is 0 Å². The van der Waals surface area contributed by atoms with Gasteiger partial charge in [-0.05, 0) is 42.7 Å². The third-order valence-corrected chi connectivity index (χ3v) is 3.99. The minimum absolute atomic E-state index is 0.984. The standard InChI is InChI=1S/C12H14N2S/c13-11-8-4-2-1-3-5-10(8)14-12-9(11)6-7-15-12/h6-7H,1-5H2,(H2,13,14). The molecule has 0 bridgehead atoms. The van der Waals surface area contributed by atoms with E-state index in [0.717, 1.165) is 28.7 Å². The van der Waals surface area contributed by atoms with Crippen molar-refractivity contribution >= 4 is 27.2 Å². The van der Waals surface area contributed by atoms with E-state index in [0.29, 0.717) is 0 Å². The molecule has 2 heterocycles. The number of fused-ring (bicyclic) bond motifs is 2. The van der Waals surface area contributed by atoms with Gasteiger partial charge in [0.25, 0.3) is 0 Å². The van der Waals surface area contributed by atoms with E-state index in [1.165, 1.54) is 30.5 Å². The molecule has 15 heavy (non-hydrogen) atoms. The molecule has 0 spiro atoms. The molecule has 2 aromatic rings. The Hall–Kier alpha value is -1.09. The van der Waals surface area contributed by atoms with Crippen LogP contribution >= 0.6 is 11.3 Å². The van der Waals surface area contributed by atoms with E-state index >= 15 is 0 Å². The number of nitrogen functional groups attached to an aromatic ring is 1. The predicted octanol–water partition coefficient (Wildman–Crippen LogP) is 3.15. The molecule has 3 rings (SSSR count). The minimum atomic E-state index is 0.984. The Morgan fingerprint density at radius 2 is 2.07 bits per heavy atom. The summed E-state index contributed by atoms with van der Waals surface area (Å²) in [6, 6.07) is 2.09. The van der Waals surface area contributed by atoms with Gasteiger partial charge in [-0.2, -0.15) is 0 Å². The average Bonchev–Trinajstić information content (AvgIpc) is 2.56. The number of aryl methyl sites for hydroxylation is 1. The second-order valence-electron chi connectivity index (χ2n) is 4.15. The minimum Gasteiger partial charge on any atom is -0.398 e. The molecule has 1 aliphatic carbocycles. The molecule has 2 aromatic heterocycles. The van der Waals surface area contributed by atoms with Crippen LogP contribution in [0.1, 0.15) is 30.5 Å². The van der Waals surface area contributed by atoms with Crippen molar-refractivity contribution in [3.63, 3.8) is 0 Å². The normalized spacial score (nSPS) is 16.3. The fourth-order valence-electron chi connectivity index (χ4n) is 2.36. The molecule has 2 nitrogen and oxygen atoms in total. The zero-order chi connectivity index (χ0) is 10.3. The quantitative estimate of drug-likeness (QED) is 0.690. The molecule has 2 N–H and O–H groups in total. The van der Waals surface area contributed by atoms with E-state index in [4.69, 9.17) is 10.7 Å². The summed E-state index contributed by atoms with van der Waals surface area (Å²) in [5.41, 5.74) is 9.77. The molecule has 3 heteroatoms. The number of nitrogens with zero attached hydrogens (tertiary/aromatic N) is 1. The Morgan fingerprint density at radius 3 is 3.00 bits per heavy atom. The summed E-state index contributed by atoms with van der Waals surface area (Å²) in [6.07, 6.45) is 6.04. The van der Waals surface area contributed by atoms with E-state index in [1.54, 1.807) is 11.3 Å². The lowest BCUT2D eigenvalue weighted by molar-refractivity contribution is 0.709. The van der Waals surface area contributed by atoms with Crippen LogP contribution in [0.3, 0.4) is 0 Å². The van der Waals surface area contributed by atoms with Gasteiger partial charge < -0.3 is 5.73 Å². The Balaban J connectivity index is 2.28. The first-order valence-electron chi connectivity index (χ1n) is 5.50. The van der Waals surface area contributed by atoms with Crippen molar-refractivity contribution in [1.82, 2.24) is 4.98 Å². The van der Waals surface area contributed by atoms with Crippen LogP contribution in [-0.4, -0.2) is 4.98 Å². The SMILES string of the molecule is Nc1c2c(nc3sccc13)CCCCC2. The lowest BCUT2D eigenvalue weighted by Crippen LogP contribution is -2.01. The summed E-state index contributed by atoms with van der Waals surface area (Å²) < 4.78 is 0. The fraction of sp³-hybridized carbons (Fsp3) is 0.417. The summed E-state index contributed by atoms with van der Waals surface area (Å²) >= 11 is 1.69. The van der Waals surface area contributed by atoms with Crippen molar-refractivity contribution in [2.24, 2.45) is 0 Å². The second-order valence-corrected chi connectivity index (χ2v) is 5.05. The van der Waals surface area contributed by atoms with Crippen LogP contribution in [-0.2, 0) is 12.8 Å². The van der Waals surface area contributed by atoms with Crippen molar-refractivity contribution in [1.29, 1.82) is 0 Å². The molecule has 0 radical (unpaired) electrons. The highest BCUT2D eigenvalue weighted by Gasteiger charge is 2.15. The van der Waals surface area contributed by atoms with E-state index in [1.807, 2.05) is 0 Å². The Kier molecular flexibility index (Phi) is 2.13. The highest BCUT2D eigenvalue weighted by molar-refractivity contribution is 7.16. The van der Waals surface area contributed by atoms with Crippen LogP contribution in [0.2, 0.25) is 0 Å². The first-order chi connectivity index (χ1) is 7.36. The maximum atomic E-state index is 6.22. The van der Waals surface area contributed by atoms with Crippen LogP contribution in [0.5, 0.6) is 0 Å². The van der Waals surface area contributed by atoms with Crippen LogP contribution in [0.15, 0.2) is 11.4 Å². The molecule has 0 atom stereocenters. The van der Waals surface area contributed by atoms with Crippen molar-refractivity contribution in [3.8, 4) is 0 Å². The van der Waals surface area contributed by atoms with Crippen LogP contribution in [0.25, 0.3) is 10.2 Å². The third kappa shape index (κ3) is 1.42. The predicted molar refractivity (Wildman–Crippen MR) is 65.3 cm³/mol. The molecule has 78 valence electrons. The second kappa shape index (κ2) is 3.49. The average molecular weight is 218 g/mol. The first-order valence-corrected chi connectivity index (χ1v) is 6.38. The molecule has 0 aliphatic heterocycles. The first kappa shape index (κ1) is 9.16. The fourth-order valence-corrected chi connectivity index (χ4v) is 3.16. The van der Waals surface area contributed by atoms with Gasteiger partial charge in [0.2, 0.25) is 0 Å². The van der Waals surface area contributed by atoms with E-state index in [-0.39, 0.29) is 0 Å². The maximum Gasteiger partial charge on any atom is 0.125 e. The number of aromatic nitrogens is 1. The van der Waals surface area contributed by atoms with Crippen LogP contribution < -0.4 is 5.73 Å². The highest BCUT2D eigenvalue weighted by atomic mass is 32.1. The summed E-state index contributed by atoms with van der Waals surface area (Å²) in [6.45, 7) is 0. The largest absolute Gasteiger partial charge is 0.398 e. The van der Waals surface area contributed by atoms with Gasteiger partial charge in [0.1, 0.15) is 4.83 Å². The van der Waals surface area contributed by atoms with E-state index < -0.39 is 0 Å². The van der Waals surface area contributed by atoms with Crippen LogP contribution in [0, 0.1) is 0 Å². The molecule has 1 aliphatic rings. The van der Waals surface area contributed by atoms with Gasteiger partial charge in [0.05, 0.1) is 0 Å². The van der Waals surface area contributed by atoms with E-state index in [2.05, 4.69) is 11.4 Å². The molecule has 0 fully saturated rings. The van der Waals surface area contributed by atoms with Crippen molar-refractivity contribution in [2.75, 3.05) is 5.73 Å². The summed E-state index contributed by atoms with van der Waals surface area (Å²) in [7, 11) is 0. The van der Waals surface area contributed by atoms with Crippen LogP contribution in [0.4, 0.5) is 5.69 Å². The van der Waals surface area contributed by atoms with E-state index in [9.17, 15) is 0 Å².